The van der Waals surface area contributed by atoms with Gasteiger partial charge in [-0.3, -0.25) is 9.20 Å². The summed E-state index contributed by atoms with van der Waals surface area (Å²) in [4.78, 5) is 19.7. The number of hydrazine groups is 1. The molecule has 6 bridgehead atoms. The molecule has 0 saturated carbocycles. The Morgan fingerprint density at radius 1 is 1.06 bits per heavy atom. The molecule has 0 spiro atoms. The third-order valence-corrected chi connectivity index (χ3v) is 9.93. The maximum atomic E-state index is 14.6. The van der Waals surface area contributed by atoms with E-state index >= 15 is 0 Å². The van der Waals surface area contributed by atoms with E-state index < -0.39 is 23.2 Å². The first-order valence-electron chi connectivity index (χ1n) is 16.4. The molecule has 4 aliphatic rings. The van der Waals surface area contributed by atoms with E-state index in [-0.39, 0.29) is 25.4 Å². The third-order valence-electron chi connectivity index (χ3n) is 9.59. The fraction of sp³-hybridized carbons (Fsp3) is 0.389. The zero-order chi connectivity index (χ0) is 34.3. The van der Waals surface area contributed by atoms with E-state index in [2.05, 4.69) is 17.2 Å². The smallest absolute Gasteiger partial charge is 0.307 e. The summed E-state index contributed by atoms with van der Waals surface area (Å²) in [6, 6.07) is 9.43. The summed E-state index contributed by atoms with van der Waals surface area (Å²) in [5.74, 6) is -2.10. The molecule has 1 fully saturated rings. The normalized spacial score (nSPS) is 17.8. The van der Waals surface area contributed by atoms with E-state index in [9.17, 15) is 18.7 Å². The number of carboxylic acid groups (broad SMARTS) is 1. The van der Waals surface area contributed by atoms with Gasteiger partial charge in [-0.15, -0.1) is 0 Å². The van der Waals surface area contributed by atoms with E-state index in [0.717, 1.165) is 23.3 Å². The van der Waals surface area contributed by atoms with E-state index in [1.54, 1.807) is 12.1 Å². The number of hydrogen-bond acceptors (Lipinski definition) is 8. The Bertz CT molecular complexity index is 1940. The van der Waals surface area contributed by atoms with Gasteiger partial charge in [0.25, 0.3) is 0 Å². The van der Waals surface area contributed by atoms with Gasteiger partial charge in [-0.05, 0) is 49.9 Å². The van der Waals surface area contributed by atoms with Crippen LogP contribution in [0.5, 0.6) is 5.75 Å². The number of benzene rings is 2. The lowest BCUT2D eigenvalue weighted by atomic mass is 9.92. The Balaban J connectivity index is 1.45. The predicted octanol–water partition coefficient (Wildman–Crippen LogP) is 6.15. The van der Waals surface area contributed by atoms with Crippen LogP contribution in [0.1, 0.15) is 36.5 Å². The number of carboxylic acids is 1. The Labute approximate surface area is 287 Å². The number of aliphatic carboxylic acids is 1. The lowest BCUT2D eigenvalue weighted by Gasteiger charge is -2.41. The van der Waals surface area contributed by atoms with Crippen LogP contribution < -0.4 is 15.1 Å². The maximum absolute atomic E-state index is 14.6. The number of piperidine rings is 1. The second kappa shape index (κ2) is 13.6. The minimum atomic E-state index is -1.02. The zero-order valence-corrected chi connectivity index (χ0v) is 28.2. The van der Waals surface area contributed by atoms with Gasteiger partial charge in [0.15, 0.2) is 11.6 Å². The van der Waals surface area contributed by atoms with Crippen LogP contribution in [-0.2, 0) is 27.2 Å². The number of halogens is 3. The van der Waals surface area contributed by atoms with Gasteiger partial charge in [0.05, 0.1) is 38.4 Å². The molecule has 49 heavy (non-hydrogen) atoms. The first-order chi connectivity index (χ1) is 23.6. The van der Waals surface area contributed by atoms with Gasteiger partial charge in [0.2, 0.25) is 0 Å². The van der Waals surface area contributed by atoms with E-state index in [1.165, 1.54) is 0 Å². The topological polar surface area (TPSA) is 101 Å². The highest BCUT2D eigenvalue weighted by Crippen LogP contribution is 2.42. The van der Waals surface area contributed by atoms with Crippen LogP contribution in [0.25, 0.3) is 28.0 Å². The number of pyridine rings is 1. The molecule has 6 heterocycles. The monoisotopic (exact) mass is 693 g/mol. The second-order valence-electron chi connectivity index (χ2n) is 12.9. The minimum Gasteiger partial charge on any atom is -0.490 e. The SMILES string of the molecule is Cc1c(CC(=O)O)c2n3c(Cl)c(nc3c1CN1C=CCN1)-c1cccc(c1)-c1cc(F)c(F)cc1OCCOCCOC1(C)CCN2CC1. The van der Waals surface area contributed by atoms with Gasteiger partial charge < -0.3 is 29.2 Å². The summed E-state index contributed by atoms with van der Waals surface area (Å²) in [5.41, 5.74) is 7.90. The molecule has 258 valence electrons. The highest BCUT2D eigenvalue weighted by atomic mass is 35.5. The molecule has 0 amide bonds. The number of rotatable bonds is 4. The van der Waals surface area contributed by atoms with E-state index in [4.69, 9.17) is 30.8 Å². The lowest BCUT2D eigenvalue weighted by molar-refractivity contribution is -0.136. The van der Waals surface area contributed by atoms with E-state index in [0.29, 0.717) is 96.8 Å². The molecule has 10 nitrogen and oxygen atoms in total. The molecular weight excluding hydrogens is 656 g/mol. The van der Waals surface area contributed by atoms with Gasteiger partial charge in [0.1, 0.15) is 34.7 Å². The molecule has 2 aromatic heterocycles. The molecule has 13 heteroatoms. The molecule has 8 rings (SSSR count). The molecule has 0 unspecified atom stereocenters. The van der Waals surface area contributed by atoms with Crippen molar-refractivity contribution in [1.29, 1.82) is 0 Å². The average Bonchev–Trinajstić information content (AvgIpc) is 3.72. The van der Waals surface area contributed by atoms with Crippen LogP contribution in [0.15, 0.2) is 48.7 Å². The van der Waals surface area contributed by atoms with Gasteiger partial charge >= 0.3 is 5.97 Å². The molecule has 0 atom stereocenters. The molecule has 2 aromatic carbocycles. The molecule has 4 aliphatic heterocycles. The molecule has 4 aromatic rings. The van der Waals surface area contributed by atoms with Gasteiger partial charge in [-0.25, -0.2) is 19.2 Å². The zero-order valence-electron chi connectivity index (χ0n) is 27.4. The van der Waals surface area contributed by atoms with Crippen molar-refractivity contribution in [3.05, 3.63) is 82.2 Å². The highest BCUT2D eigenvalue weighted by Gasteiger charge is 2.35. The van der Waals surface area contributed by atoms with Crippen LogP contribution in [0.3, 0.4) is 0 Å². The van der Waals surface area contributed by atoms with Gasteiger partial charge in [-0.1, -0.05) is 35.9 Å². The van der Waals surface area contributed by atoms with Crippen molar-refractivity contribution in [3.8, 4) is 28.1 Å². The fourth-order valence-electron chi connectivity index (χ4n) is 6.90. The molecular formula is C36H38ClF2N5O5. The predicted molar refractivity (Wildman–Crippen MR) is 182 cm³/mol. The van der Waals surface area contributed by atoms with Crippen LogP contribution in [0, 0.1) is 18.6 Å². The van der Waals surface area contributed by atoms with Gasteiger partial charge in [-0.2, -0.15) is 0 Å². The Kier molecular flexibility index (Phi) is 9.23. The Morgan fingerprint density at radius 2 is 1.82 bits per heavy atom. The summed E-state index contributed by atoms with van der Waals surface area (Å²) >= 11 is 7.33. The highest BCUT2D eigenvalue weighted by molar-refractivity contribution is 6.32. The lowest BCUT2D eigenvalue weighted by Crippen LogP contribution is -2.45. The molecule has 2 N–H and O–H groups in total. The first-order valence-corrected chi connectivity index (χ1v) is 16.8. The van der Waals surface area contributed by atoms with Crippen molar-refractivity contribution < 1.29 is 32.9 Å². The number of nitrogens with one attached hydrogen (secondary N) is 1. The Hall–Kier alpha value is -4.23. The largest absolute Gasteiger partial charge is 0.490 e. The van der Waals surface area contributed by atoms with Crippen molar-refractivity contribution in [2.45, 2.75) is 45.3 Å². The van der Waals surface area contributed by atoms with Crippen LogP contribution in [0.2, 0.25) is 5.15 Å². The number of imidazole rings is 1. The number of aromatic nitrogens is 2. The number of fused-ring (bicyclic) bond motifs is 8. The van der Waals surface area contributed by atoms with Crippen molar-refractivity contribution in [2.75, 3.05) is 51.0 Å². The summed E-state index contributed by atoms with van der Waals surface area (Å²) in [6.07, 6.45) is 5.16. The molecule has 0 radical (unpaired) electrons. The summed E-state index contributed by atoms with van der Waals surface area (Å²) < 4.78 is 48.9. The Morgan fingerprint density at radius 3 is 2.57 bits per heavy atom. The summed E-state index contributed by atoms with van der Waals surface area (Å²) in [6.45, 7) is 7.44. The number of ether oxygens (including phenoxy) is 3. The van der Waals surface area contributed by atoms with Crippen molar-refractivity contribution in [3.63, 3.8) is 0 Å². The second-order valence-corrected chi connectivity index (χ2v) is 13.2. The molecule has 0 aliphatic carbocycles. The average molecular weight is 694 g/mol. The fourth-order valence-corrected chi connectivity index (χ4v) is 7.21. The maximum Gasteiger partial charge on any atom is 0.307 e. The van der Waals surface area contributed by atoms with Crippen molar-refractivity contribution >= 4 is 29.0 Å². The number of hydrogen-bond donors (Lipinski definition) is 2. The van der Waals surface area contributed by atoms with Crippen molar-refractivity contribution in [2.24, 2.45) is 0 Å². The number of anilines is 1. The standard InChI is InChI=1S/C36H38ClF2N5O5/c1-22-25(19-31(45)46)35-42-11-7-36(2,8-12-42)49-16-14-47-13-15-48-30-20-29(39)28(38)18-26(30)23-5-3-6-24(17-23)32-33(37)44(35)34(41-32)27(22)21-43-10-4-9-40-43/h3-6,10,17-18,20,40H,7-9,11-16,19,21H2,1-2H3,(H,45,46). The summed E-state index contributed by atoms with van der Waals surface area (Å²) in [5, 5.41) is 12.4. The summed E-state index contributed by atoms with van der Waals surface area (Å²) in [7, 11) is 0. The van der Waals surface area contributed by atoms with Gasteiger partial charge in [0, 0.05) is 54.2 Å². The van der Waals surface area contributed by atoms with Crippen molar-refractivity contribution in [1.82, 2.24) is 19.8 Å². The number of nitrogens with zero attached hydrogens (tertiary/aromatic N) is 4. The molecule has 1 saturated heterocycles. The number of carbonyl (C=O) groups is 1. The minimum absolute atomic E-state index is 0.132. The first kappa shape index (κ1) is 33.3. The van der Waals surface area contributed by atoms with Crippen LogP contribution in [0.4, 0.5) is 14.6 Å². The third kappa shape index (κ3) is 6.58. The van der Waals surface area contributed by atoms with Crippen LogP contribution in [-0.4, -0.2) is 77.1 Å². The van der Waals surface area contributed by atoms with E-state index in [1.807, 2.05) is 40.7 Å². The van der Waals surface area contributed by atoms with Crippen LogP contribution >= 0.6 is 11.6 Å². The quantitative estimate of drug-likeness (QED) is 0.244.